The fraction of sp³-hybridized carbons (Fsp3) is 0.467. The lowest BCUT2D eigenvalue weighted by Gasteiger charge is -2.34. The van der Waals surface area contributed by atoms with Crippen molar-refractivity contribution >= 4 is 11.8 Å². The predicted octanol–water partition coefficient (Wildman–Crippen LogP) is 0.858. The average molecular weight is 293 g/mol. The lowest BCUT2D eigenvalue weighted by Crippen LogP contribution is -2.43. The summed E-state index contributed by atoms with van der Waals surface area (Å²) in [6.07, 6.45) is 3.22. The van der Waals surface area contributed by atoms with Crippen molar-refractivity contribution in [3.05, 3.63) is 35.6 Å². The number of amides is 2. The van der Waals surface area contributed by atoms with Crippen molar-refractivity contribution in [3.63, 3.8) is 0 Å². The molecule has 0 saturated heterocycles. The summed E-state index contributed by atoms with van der Waals surface area (Å²) in [5.74, 6) is -0.567. The molecule has 1 aromatic carbocycles. The Morgan fingerprint density at radius 2 is 1.90 bits per heavy atom. The van der Waals surface area contributed by atoms with Crippen molar-refractivity contribution in [2.45, 2.75) is 25.3 Å². The third-order valence-corrected chi connectivity index (χ3v) is 3.80. The first-order chi connectivity index (χ1) is 10.1. The van der Waals surface area contributed by atoms with Crippen LogP contribution < -0.4 is 16.4 Å². The molecule has 21 heavy (non-hydrogen) atoms. The van der Waals surface area contributed by atoms with Crippen LogP contribution in [0.3, 0.4) is 0 Å². The second kappa shape index (κ2) is 7.17. The summed E-state index contributed by atoms with van der Waals surface area (Å²) in [5, 5.41) is 5.35. The van der Waals surface area contributed by atoms with Gasteiger partial charge in [0.2, 0.25) is 11.8 Å². The van der Waals surface area contributed by atoms with E-state index in [1.807, 2.05) is 0 Å². The molecule has 4 N–H and O–H groups in total. The fourth-order valence-corrected chi connectivity index (χ4v) is 2.39. The predicted molar refractivity (Wildman–Crippen MR) is 76.7 cm³/mol. The minimum Gasteiger partial charge on any atom is -0.347 e. The lowest BCUT2D eigenvalue weighted by atomic mass is 9.77. The number of benzene rings is 1. The van der Waals surface area contributed by atoms with E-state index in [0.29, 0.717) is 5.92 Å². The highest BCUT2D eigenvalue weighted by Crippen LogP contribution is 2.37. The van der Waals surface area contributed by atoms with Gasteiger partial charge in [-0.2, -0.15) is 0 Å². The zero-order valence-corrected chi connectivity index (χ0v) is 11.8. The minimum absolute atomic E-state index is 0.0968. The third kappa shape index (κ3) is 4.26. The van der Waals surface area contributed by atoms with Crippen LogP contribution in [0.5, 0.6) is 0 Å². The first-order valence-corrected chi connectivity index (χ1v) is 7.11. The van der Waals surface area contributed by atoms with Gasteiger partial charge in [-0.15, -0.1) is 0 Å². The summed E-state index contributed by atoms with van der Waals surface area (Å²) < 4.78 is 13.0. The van der Waals surface area contributed by atoms with Crippen LogP contribution in [-0.4, -0.2) is 24.9 Å². The van der Waals surface area contributed by atoms with Crippen molar-refractivity contribution in [1.82, 2.24) is 10.6 Å². The van der Waals surface area contributed by atoms with E-state index < -0.39 is 0 Å². The van der Waals surface area contributed by atoms with Gasteiger partial charge in [-0.25, -0.2) is 4.39 Å². The number of hydrogen-bond acceptors (Lipinski definition) is 3. The molecule has 0 aliphatic heterocycles. The summed E-state index contributed by atoms with van der Waals surface area (Å²) in [5.41, 5.74) is 6.05. The van der Waals surface area contributed by atoms with Gasteiger partial charge in [-0.1, -0.05) is 18.6 Å². The minimum atomic E-state index is -0.368. The zero-order chi connectivity index (χ0) is 15.2. The molecule has 1 unspecified atom stereocenters. The molecule has 0 radical (unpaired) electrons. The molecule has 1 aromatic rings. The SMILES string of the molecule is NCC(=O)NCC(=O)NC(c1ccc(F)cc1)C1CCC1. The van der Waals surface area contributed by atoms with Gasteiger partial charge in [0.15, 0.2) is 0 Å². The van der Waals surface area contributed by atoms with Crippen molar-refractivity contribution in [3.8, 4) is 0 Å². The standard InChI is InChI=1S/C15H20FN3O2/c16-12-6-4-11(5-7-12)15(10-2-1-3-10)19-14(21)9-18-13(20)8-17/h4-7,10,15H,1-3,8-9,17H2,(H,18,20)(H,19,21). The van der Waals surface area contributed by atoms with Gasteiger partial charge in [0.1, 0.15) is 5.82 Å². The molecule has 2 amide bonds. The number of nitrogens with two attached hydrogens (primary N) is 1. The Morgan fingerprint density at radius 3 is 2.43 bits per heavy atom. The van der Waals surface area contributed by atoms with Gasteiger partial charge in [-0.3, -0.25) is 9.59 Å². The van der Waals surface area contributed by atoms with Crippen LogP contribution in [0.2, 0.25) is 0 Å². The van der Waals surface area contributed by atoms with E-state index in [-0.39, 0.29) is 36.8 Å². The molecule has 1 aliphatic carbocycles. The Bertz CT molecular complexity index is 500. The third-order valence-electron chi connectivity index (χ3n) is 3.80. The smallest absolute Gasteiger partial charge is 0.239 e. The maximum Gasteiger partial charge on any atom is 0.239 e. The van der Waals surface area contributed by atoms with Crippen molar-refractivity contribution < 1.29 is 14.0 Å². The number of halogens is 1. The molecule has 6 heteroatoms. The lowest BCUT2D eigenvalue weighted by molar-refractivity contribution is -0.126. The maximum absolute atomic E-state index is 13.0. The number of nitrogens with one attached hydrogen (secondary N) is 2. The Morgan fingerprint density at radius 1 is 1.24 bits per heavy atom. The van der Waals surface area contributed by atoms with E-state index >= 15 is 0 Å². The number of carbonyl (C=O) groups excluding carboxylic acids is 2. The molecular formula is C15H20FN3O2. The highest BCUT2D eigenvalue weighted by atomic mass is 19.1. The second-order valence-corrected chi connectivity index (χ2v) is 5.27. The molecule has 1 fully saturated rings. The number of rotatable bonds is 6. The summed E-state index contributed by atoms with van der Waals surface area (Å²) >= 11 is 0. The van der Waals surface area contributed by atoms with E-state index in [0.717, 1.165) is 24.8 Å². The molecule has 5 nitrogen and oxygen atoms in total. The first-order valence-electron chi connectivity index (χ1n) is 7.11. The number of hydrogen-bond donors (Lipinski definition) is 3. The van der Waals surface area contributed by atoms with Crippen LogP contribution in [0.25, 0.3) is 0 Å². The Hall–Kier alpha value is -1.95. The van der Waals surface area contributed by atoms with Crippen molar-refractivity contribution in [2.75, 3.05) is 13.1 Å². The second-order valence-electron chi connectivity index (χ2n) is 5.27. The van der Waals surface area contributed by atoms with E-state index in [1.54, 1.807) is 12.1 Å². The van der Waals surface area contributed by atoms with E-state index in [2.05, 4.69) is 10.6 Å². The van der Waals surface area contributed by atoms with Gasteiger partial charge in [0, 0.05) is 0 Å². The van der Waals surface area contributed by atoms with Crippen LogP contribution in [0.4, 0.5) is 4.39 Å². The quantitative estimate of drug-likeness (QED) is 0.727. The molecule has 0 heterocycles. The van der Waals surface area contributed by atoms with Crippen LogP contribution in [-0.2, 0) is 9.59 Å². The van der Waals surface area contributed by atoms with Gasteiger partial charge < -0.3 is 16.4 Å². The van der Waals surface area contributed by atoms with Crippen LogP contribution in [0, 0.1) is 11.7 Å². The Labute approximate surface area is 123 Å². The van der Waals surface area contributed by atoms with E-state index in [9.17, 15) is 14.0 Å². The molecule has 0 aromatic heterocycles. The van der Waals surface area contributed by atoms with E-state index in [4.69, 9.17) is 5.73 Å². The maximum atomic E-state index is 13.0. The molecule has 2 rings (SSSR count). The zero-order valence-electron chi connectivity index (χ0n) is 11.8. The van der Waals surface area contributed by atoms with Gasteiger partial charge in [-0.05, 0) is 36.5 Å². The van der Waals surface area contributed by atoms with Gasteiger partial charge in [0.25, 0.3) is 0 Å². The number of carbonyl (C=O) groups is 2. The van der Waals surface area contributed by atoms with Crippen molar-refractivity contribution in [1.29, 1.82) is 0 Å². The average Bonchev–Trinajstić information content (AvgIpc) is 2.43. The van der Waals surface area contributed by atoms with Gasteiger partial charge >= 0.3 is 0 Å². The molecule has 0 spiro atoms. The van der Waals surface area contributed by atoms with Crippen molar-refractivity contribution in [2.24, 2.45) is 11.7 Å². The summed E-state index contributed by atoms with van der Waals surface area (Å²) in [7, 11) is 0. The molecular weight excluding hydrogens is 273 g/mol. The summed E-state index contributed by atoms with van der Waals surface area (Å²) in [6, 6.07) is 6.03. The normalized spacial score (nSPS) is 15.9. The Balaban J connectivity index is 1.98. The highest BCUT2D eigenvalue weighted by molar-refractivity contribution is 5.85. The molecule has 0 bridgehead atoms. The van der Waals surface area contributed by atoms with Crippen LogP contribution >= 0.6 is 0 Å². The topological polar surface area (TPSA) is 84.2 Å². The summed E-state index contributed by atoms with van der Waals surface area (Å²) in [6.45, 7) is -0.238. The monoisotopic (exact) mass is 293 g/mol. The largest absolute Gasteiger partial charge is 0.347 e. The molecule has 1 atom stereocenters. The Kier molecular flexibility index (Phi) is 5.27. The molecule has 1 saturated carbocycles. The van der Waals surface area contributed by atoms with Crippen LogP contribution in [0.15, 0.2) is 24.3 Å². The van der Waals surface area contributed by atoms with E-state index in [1.165, 1.54) is 12.1 Å². The fourth-order valence-electron chi connectivity index (χ4n) is 2.39. The van der Waals surface area contributed by atoms with Crippen LogP contribution in [0.1, 0.15) is 30.9 Å². The first kappa shape index (κ1) is 15.4. The molecule has 114 valence electrons. The highest BCUT2D eigenvalue weighted by Gasteiger charge is 2.29. The summed E-state index contributed by atoms with van der Waals surface area (Å²) in [4.78, 5) is 23.0. The van der Waals surface area contributed by atoms with Gasteiger partial charge in [0.05, 0.1) is 19.1 Å². The molecule has 1 aliphatic rings.